The molecular formula is C8H14O. The molecule has 1 heteroatoms. The largest absolute Gasteiger partial charge is 0.494 e. The first-order chi connectivity index (χ1) is 4.35. The van der Waals surface area contributed by atoms with Crippen LogP contribution < -0.4 is 0 Å². The third-order valence-electron chi connectivity index (χ3n) is 0.926. The van der Waals surface area contributed by atoms with Crippen LogP contribution in [0.15, 0.2) is 24.0 Å². The summed E-state index contributed by atoms with van der Waals surface area (Å²) in [5, 5.41) is 0. The molecule has 1 nitrogen and oxygen atoms in total. The second-order valence-electron chi connectivity index (χ2n) is 1.62. The van der Waals surface area contributed by atoms with E-state index in [2.05, 4.69) is 0 Å². The first-order valence-corrected chi connectivity index (χ1v) is 3.27. The van der Waals surface area contributed by atoms with Crippen LogP contribution in [0.5, 0.6) is 0 Å². The molecule has 0 aliphatic heterocycles. The number of allylic oxidation sites excluding steroid dienone is 3. The van der Waals surface area contributed by atoms with Gasteiger partial charge in [0.05, 0.1) is 6.61 Å². The summed E-state index contributed by atoms with van der Waals surface area (Å²) in [6.45, 7) is 6.66. The lowest BCUT2D eigenvalue weighted by Gasteiger charge is -2.00. The molecule has 0 saturated carbocycles. The molecule has 0 spiro atoms. The Morgan fingerprint density at radius 3 is 2.44 bits per heavy atom. The van der Waals surface area contributed by atoms with Crippen molar-refractivity contribution in [1.29, 1.82) is 0 Å². The quantitative estimate of drug-likeness (QED) is 0.417. The SMILES string of the molecule is C/C=C\C(=C/C)OCC. The Bertz CT molecular complexity index is 112. The number of rotatable bonds is 3. The molecule has 0 aliphatic rings. The molecule has 52 valence electrons. The molecule has 0 atom stereocenters. The fourth-order valence-corrected chi connectivity index (χ4v) is 0.559. The van der Waals surface area contributed by atoms with Gasteiger partial charge in [-0.3, -0.25) is 0 Å². The summed E-state index contributed by atoms with van der Waals surface area (Å²) in [7, 11) is 0. The lowest BCUT2D eigenvalue weighted by molar-refractivity contribution is 0.242. The van der Waals surface area contributed by atoms with Crippen molar-refractivity contribution in [1.82, 2.24) is 0 Å². The summed E-state index contributed by atoms with van der Waals surface area (Å²) in [6.07, 6.45) is 5.86. The highest BCUT2D eigenvalue weighted by Crippen LogP contribution is 1.97. The van der Waals surface area contributed by atoms with Gasteiger partial charge in [-0.15, -0.1) is 0 Å². The van der Waals surface area contributed by atoms with E-state index in [9.17, 15) is 0 Å². The van der Waals surface area contributed by atoms with E-state index >= 15 is 0 Å². The van der Waals surface area contributed by atoms with E-state index in [-0.39, 0.29) is 0 Å². The number of hydrogen-bond donors (Lipinski definition) is 0. The van der Waals surface area contributed by atoms with Gasteiger partial charge in [-0.05, 0) is 32.9 Å². The summed E-state index contributed by atoms with van der Waals surface area (Å²) in [5.74, 6) is 0.944. The van der Waals surface area contributed by atoms with Crippen LogP contribution in [-0.4, -0.2) is 6.61 Å². The van der Waals surface area contributed by atoms with Crippen molar-refractivity contribution >= 4 is 0 Å². The minimum Gasteiger partial charge on any atom is -0.494 e. The number of ether oxygens (including phenoxy) is 1. The normalized spacial score (nSPS) is 12.6. The molecule has 0 bridgehead atoms. The first-order valence-electron chi connectivity index (χ1n) is 3.27. The van der Waals surface area contributed by atoms with Crippen molar-refractivity contribution in [3.8, 4) is 0 Å². The molecule has 0 saturated heterocycles. The van der Waals surface area contributed by atoms with E-state index in [1.807, 2.05) is 39.0 Å². The van der Waals surface area contributed by atoms with Crippen LogP contribution in [0, 0.1) is 0 Å². The zero-order valence-electron chi connectivity index (χ0n) is 6.35. The van der Waals surface area contributed by atoms with Crippen LogP contribution in [0.25, 0.3) is 0 Å². The standard InChI is InChI=1S/C8H14O/c1-4-7-8(5-2)9-6-3/h4-5,7H,6H2,1-3H3/b7-4-,8-5+. The van der Waals surface area contributed by atoms with Crippen LogP contribution in [-0.2, 0) is 4.74 Å². The van der Waals surface area contributed by atoms with Gasteiger partial charge in [0, 0.05) is 0 Å². The fourth-order valence-electron chi connectivity index (χ4n) is 0.559. The smallest absolute Gasteiger partial charge is 0.114 e. The average molecular weight is 126 g/mol. The maximum absolute atomic E-state index is 5.21. The molecule has 0 rings (SSSR count). The number of hydrogen-bond acceptors (Lipinski definition) is 1. The van der Waals surface area contributed by atoms with Crippen LogP contribution >= 0.6 is 0 Å². The molecule has 0 aromatic rings. The Labute approximate surface area is 57.0 Å². The third-order valence-corrected chi connectivity index (χ3v) is 0.926. The van der Waals surface area contributed by atoms with Crippen LogP contribution in [0.3, 0.4) is 0 Å². The fraction of sp³-hybridized carbons (Fsp3) is 0.500. The van der Waals surface area contributed by atoms with Crippen molar-refractivity contribution in [2.45, 2.75) is 20.8 Å². The van der Waals surface area contributed by atoms with Gasteiger partial charge in [0.2, 0.25) is 0 Å². The van der Waals surface area contributed by atoms with Crippen LogP contribution in [0.4, 0.5) is 0 Å². The van der Waals surface area contributed by atoms with Crippen molar-refractivity contribution in [3.63, 3.8) is 0 Å². The molecule has 0 heterocycles. The highest BCUT2D eigenvalue weighted by molar-refractivity contribution is 5.09. The average Bonchev–Trinajstić information content (AvgIpc) is 1.88. The second kappa shape index (κ2) is 5.42. The Morgan fingerprint density at radius 1 is 1.44 bits per heavy atom. The maximum atomic E-state index is 5.21. The van der Waals surface area contributed by atoms with E-state index in [0.29, 0.717) is 0 Å². The predicted octanol–water partition coefficient (Wildman–Crippen LogP) is 2.50. The lowest BCUT2D eigenvalue weighted by atomic mass is 10.4. The second-order valence-corrected chi connectivity index (χ2v) is 1.62. The zero-order chi connectivity index (χ0) is 7.11. The molecule has 0 N–H and O–H groups in total. The van der Waals surface area contributed by atoms with Crippen molar-refractivity contribution in [2.75, 3.05) is 6.61 Å². The topological polar surface area (TPSA) is 9.23 Å². The molecule has 0 aromatic carbocycles. The molecule has 0 radical (unpaired) electrons. The van der Waals surface area contributed by atoms with E-state index in [1.54, 1.807) is 0 Å². The molecule has 0 amide bonds. The Kier molecular flexibility index (Phi) is 4.98. The van der Waals surface area contributed by atoms with Gasteiger partial charge >= 0.3 is 0 Å². The highest BCUT2D eigenvalue weighted by atomic mass is 16.5. The van der Waals surface area contributed by atoms with Crippen LogP contribution in [0.2, 0.25) is 0 Å². The monoisotopic (exact) mass is 126 g/mol. The Balaban J connectivity index is 3.70. The van der Waals surface area contributed by atoms with Gasteiger partial charge < -0.3 is 4.74 Å². The summed E-state index contributed by atoms with van der Waals surface area (Å²) in [6, 6.07) is 0. The minimum absolute atomic E-state index is 0.740. The molecule has 0 unspecified atom stereocenters. The van der Waals surface area contributed by atoms with Gasteiger partial charge in [0.1, 0.15) is 5.76 Å². The lowest BCUT2D eigenvalue weighted by Crippen LogP contribution is -1.86. The van der Waals surface area contributed by atoms with E-state index in [4.69, 9.17) is 4.74 Å². The van der Waals surface area contributed by atoms with E-state index < -0.39 is 0 Å². The Hall–Kier alpha value is -0.720. The summed E-state index contributed by atoms with van der Waals surface area (Å²) >= 11 is 0. The van der Waals surface area contributed by atoms with Gasteiger partial charge in [0.15, 0.2) is 0 Å². The summed E-state index contributed by atoms with van der Waals surface area (Å²) in [4.78, 5) is 0. The van der Waals surface area contributed by atoms with Crippen LogP contribution in [0.1, 0.15) is 20.8 Å². The van der Waals surface area contributed by atoms with Crippen molar-refractivity contribution in [2.24, 2.45) is 0 Å². The molecular weight excluding hydrogens is 112 g/mol. The predicted molar refractivity (Wildman–Crippen MR) is 40.2 cm³/mol. The van der Waals surface area contributed by atoms with Gasteiger partial charge in [-0.2, -0.15) is 0 Å². The molecule has 0 fully saturated rings. The maximum Gasteiger partial charge on any atom is 0.114 e. The zero-order valence-corrected chi connectivity index (χ0v) is 6.35. The van der Waals surface area contributed by atoms with Gasteiger partial charge in [-0.25, -0.2) is 0 Å². The Morgan fingerprint density at radius 2 is 2.11 bits per heavy atom. The summed E-state index contributed by atoms with van der Waals surface area (Å²) < 4.78 is 5.21. The van der Waals surface area contributed by atoms with Crippen molar-refractivity contribution < 1.29 is 4.74 Å². The highest BCUT2D eigenvalue weighted by Gasteiger charge is 1.83. The van der Waals surface area contributed by atoms with Gasteiger partial charge in [-0.1, -0.05) is 6.08 Å². The van der Waals surface area contributed by atoms with E-state index in [0.717, 1.165) is 12.4 Å². The molecule has 9 heavy (non-hydrogen) atoms. The summed E-state index contributed by atoms with van der Waals surface area (Å²) in [5.41, 5.74) is 0. The first kappa shape index (κ1) is 8.28. The van der Waals surface area contributed by atoms with Crippen molar-refractivity contribution in [3.05, 3.63) is 24.0 Å². The van der Waals surface area contributed by atoms with E-state index in [1.165, 1.54) is 0 Å². The minimum atomic E-state index is 0.740. The molecule has 0 aromatic heterocycles. The van der Waals surface area contributed by atoms with Gasteiger partial charge in [0.25, 0.3) is 0 Å². The third kappa shape index (κ3) is 3.83. The molecule has 0 aliphatic carbocycles.